The topological polar surface area (TPSA) is 47.8 Å². The number of halogens is 1. The minimum absolute atomic E-state index is 0.173. The number of nitrogens with zero attached hydrogens (tertiary/aromatic N) is 3. The van der Waals surface area contributed by atoms with Crippen LogP contribution in [0.3, 0.4) is 0 Å². The Labute approximate surface area is 91.5 Å². The zero-order valence-corrected chi connectivity index (χ0v) is 8.77. The van der Waals surface area contributed by atoms with Gasteiger partial charge < -0.3 is 0 Å². The van der Waals surface area contributed by atoms with Gasteiger partial charge in [0.2, 0.25) is 5.78 Å². The lowest BCUT2D eigenvalue weighted by Gasteiger charge is -2.01. The molecule has 0 amide bonds. The van der Waals surface area contributed by atoms with Crippen LogP contribution in [-0.4, -0.2) is 20.8 Å². The van der Waals surface area contributed by atoms with E-state index in [1.54, 1.807) is 31.3 Å². The van der Waals surface area contributed by atoms with E-state index in [0.717, 1.165) is 0 Å². The number of carbonyl (C=O) groups is 1. The highest BCUT2D eigenvalue weighted by molar-refractivity contribution is 6.34. The molecule has 5 heteroatoms. The summed E-state index contributed by atoms with van der Waals surface area (Å²) in [6.45, 7) is 0. The number of aryl methyl sites for hydroxylation is 1. The molecule has 0 aliphatic heterocycles. The number of hydrogen-bond donors (Lipinski definition) is 0. The largest absolute Gasteiger partial charge is 0.287 e. The first-order valence-electron chi connectivity index (χ1n) is 4.34. The fourth-order valence-electron chi connectivity index (χ4n) is 1.28. The van der Waals surface area contributed by atoms with E-state index in [1.165, 1.54) is 10.9 Å². The van der Waals surface area contributed by atoms with E-state index in [-0.39, 0.29) is 5.78 Å². The Balaban J connectivity index is 2.46. The quantitative estimate of drug-likeness (QED) is 0.726. The van der Waals surface area contributed by atoms with Crippen molar-refractivity contribution in [2.75, 3.05) is 0 Å². The molecule has 76 valence electrons. The Morgan fingerprint density at radius 3 is 2.73 bits per heavy atom. The van der Waals surface area contributed by atoms with Crippen LogP contribution >= 0.6 is 11.6 Å². The fraction of sp³-hybridized carbons (Fsp3) is 0.100. The second-order valence-electron chi connectivity index (χ2n) is 3.05. The van der Waals surface area contributed by atoms with Crippen molar-refractivity contribution < 1.29 is 4.79 Å². The van der Waals surface area contributed by atoms with Crippen molar-refractivity contribution in [1.82, 2.24) is 15.0 Å². The van der Waals surface area contributed by atoms with Crippen LogP contribution in [0.25, 0.3) is 0 Å². The molecule has 1 heterocycles. The Bertz CT molecular complexity index is 507. The van der Waals surface area contributed by atoms with Crippen LogP contribution in [0.2, 0.25) is 5.02 Å². The molecule has 4 nitrogen and oxygen atoms in total. The maximum Gasteiger partial charge on any atom is 0.214 e. The van der Waals surface area contributed by atoms with Crippen LogP contribution in [-0.2, 0) is 7.05 Å². The van der Waals surface area contributed by atoms with Gasteiger partial charge in [0.1, 0.15) is 5.69 Å². The summed E-state index contributed by atoms with van der Waals surface area (Å²) in [6, 6.07) is 6.90. The van der Waals surface area contributed by atoms with Gasteiger partial charge in [0, 0.05) is 12.6 Å². The standard InChI is InChI=1S/C10H8ClN3O/c1-14-9(6-12-13-14)10(15)7-4-2-3-5-8(7)11/h2-6H,1H3. The predicted molar refractivity (Wildman–Crippen MR) is 55.9 cm³/mol. The zero-order chi connectivity index (χ0) is 10.8. The van der Waals surface area contributed by atoms with Gasteiger partial charge in [-0.1, -0.05) is 28.9 Å². The average molecular weight is 222 g/mol. The van der Waals surface area contributed by atoms with Crippen LogP contribution in [0.15, 0.2) is 30.5 Å². The minimum Gasteiger partial charge on any atom is -0.287 e. The molecule has 0 radical (unpaired) electrons. The molecule has 1 aromatic carbocycles. The summed E-state index contributed by atoms with van der Waals surface area (Å²) in [4.78, 5) is 12.0. The second-order valence-corrected chi connectivity index (χ2v) is 3.46. The van der Waals surface area contributed by atoms with E-state index in [0.29, 0.717) is 16.3 Å². The Hall–Kier alpha value is -1.68. The molecule has 0 aliphatic rings. The average Bonchev–Trinajstić information content (AvgIpc) is 2.64. The summed E-state index contributed by atoms with van der Waals surface area (Å²) in [6.07, 6.45) is 1.42. The van der Waals surface area contributed by atoms with E-state index in [9.17, 15) is 4.79 Å². The molecule has 2 aromatic rings. The van der Waals surface area contributed by atoms with E-state index >= 15 is 0 Å². The fourth-order valence-corrected chi connectivity index (χ4v) is 1.50. The third kappa shape index (κ3) is 1.76. The Kier molecular flexibility index (Phi) is 2.51. The van der Waals surface area contributed by atoms with Gasteiger partial charge in [-0.2, -0.15) is 0 Å². The highest BCUT2D eigenvalue weighted by Gasteiger charge is 2.15. The number of ketones is 1. The number of aromatic nitrogens is 3. The lowest BCUT2D eigenvalue weighted by molar-refractivity contribution is 0.103. The molecular formula is C10H8ClN3O. The molecule has 0 unspecified atom stereocenters. The Morgan fingerprint density at radius 1 is 1.40 bits per heavy atom. The van der Waals surface area contributed by atoms with E-state index in [2.05, 4.69) is 10.3 Å². The van der Waals surface area contributed by atoms with Gasteiger partial charge in [-0.3, -0.25) is 4.79 Å². The van der Waals surface area contributed by atoms with Gasteiger partial charge in [0.25, 0.3) is 0 Å². The van der Waals surface area contributed by atoms with Gasteiger partial charge in [-0.25, -0.2) is 4.68 Å². The molecular weight excluding hydrogens is 214 g/mol. The normalized spacial score (nSPS) is 10.3. The van der Waals surface area contributed by atoms with Crippen molar-refractivity contribution >= 4 is 17.4 Å². The van der Waals surface area contributed by atoms with Crippen LogP contribution in [0.1, 0.15) is 16.1 Å². The van der Waals surface area contributed by atoms with Gasteiger partial charge in [0.05, 0.1) is 11.2 Å². The maximum absolute atomic E-state index is 12.0. The molecule has 0 saturated carbocycles. The Morgan fingerprint density at radius 2 is 2.13 bits per heavy atom. The van der Waals surface area contributed by atoms with Crippen molar-refractivity contribution in [2.24, 2.45) is 7.05 Å². The number of benzene rings is 1. The monoisotopic (exact) mass is 221 g/mol. The number of hydrogen-bond acceptors (Lipinski definition) is 3. The van der Waals surface area contributed by atoms with Gasteiger partial charge in [-0.15, -0.1) is 5.10 Å². The predicted octanol–water partition coefficient (Wildman–Crippen LogP) is 1.70. The summed E-state index contributed by atoms with van der Waals surface area (Å²) in [5.41, 5.74) is 0.882. The lowest BCUT2D eigenvalue weighted by atomic mass is 10.1. The summed E-state index contributed by atoms with van der Waals surface area (Å²) < 4.78 is 1.42. The van der Waals surface area contributed by atoms with Crippen molar-refractivity contribution in [2.45, 2.75) is 0 Å². The van der Waals surface area contributed by atoms with Gasteiger partial charge in [0.15, 0.2) is 0 Å². The molecule has 0 N–H and O–H groups in total. The SMILES string of the molecule is Cn1nncc1C(=O)c1ccccc1Cl. The maximum atomic E-state index is 12.0. The smallest absolute Gasteiger partial charge is 0.214 e. The third-order valence-electron chi connectivity index (χ3n) is 2.07. The first-order valence-corrected chi connectivity index (χ1v) is 4.72. The van der Waals surface area contributed by atoms with Crippen molar-refractivity contribution in [3.8, 4) is 0 Å². The van der Waals surface area contributed by atoms with E-state index < -0.39 is 0 Å². The molecule has 15 heavy (non-hydrogen) atoms. The highest BCUT2D eigenvalue weighted by Crippen LogP contribution is 2.18. The van der Waals surface area contributed by atoms with Crippen molar-refractivity contribution in [3.63, 3.8) is 0 Å². The van der Waals surface area contributed by atoms with Gasteiger partial charge in [-0.05, 0) is 12.1 Å². The van der Waals surface area contributed by atoms with Crippen LogP contribution < -0.4 is 0 Å². The highest BCUT2D eigenvalue weighted by atomic mass is 35.5. The molecule has 0 atom stereocenters. The molecule has 1 aromatic heterocycles. The number of rotatable bonds is 2. The molecule has 0 saturated heterocycles. The summed E-state index contributed by atoms with van der Waals surface area (Å²) >= 11 is 5.92. The molecule has 2 rings (SSSR count). The zero-order valence-electron chi connectivity index (χ0n) is 8.01. The molecule has 0 bridgehead atoms. The second kappa shape index (κ2) is 3.82. The van der Waals surface area contributed by atoms with Crippen LogP contribution in [0, 0.1) is 0 Å². The van der Waals surface area contributed by atoms with E-state index in [4.69, 9.17) is 11.6 Å². The van der Waals surface area contributed by atoms with Crippen molar-refractivity contribution in [1.29, 1.82) is 0 Å². The van der Waals surface area contributed by atoms with E-state index in [1.807, 2.05) is 0 Å². The minimum atomic E-state index is -0.173. The first kappa shape index (κ1) is 9.86. The molecule has 0 fully saturated rings. The molecule has 0 aliphatic carbocycles. The summed E-state index contributed by atoms with van der Waals surface area (Å²) in [5, 5.41) is 7.78. The summed E-state index contributed by atoms with van der Waals surface area (Å²) in [5.74, 6) is -0.173. The van der Waals surface area contributed by atoms with Crippen LogP contribution in [0.4, 0.5) is 0 Å². The van der Waals surface area contributed by atoms with Crippen molar-refractivity contribution in [3.05, 3.63) is 46.7 Å². The first-order chi connectivity index (χ1) is 7.20. The summed E-state index contributed by atoms with van der Waals surface area (Å²) in [7, 11) is 1.66. The van der Waals surface area contributed by atoms with Crippen LogP contribution in [0.5, 0.6) is 0 Å². The lowest BCUT2D eigenvalue weighted by Crippen LogP contribution is -2.08. The third-order valence-corrected chi connectivity index (χ3v) is 2.40. The molecule has 0 spiro atoms. The number of carbonyl (C=O) groups excluding carboxylic acids is 1. The van der Waals surface area contributed by atoms with Gasteiger partial charge >= 0.3 is 0 Å².